The maximum absolute atomic E-state index is 13.2. The fraction of sp³-hybridized carbons (Fsp3) is 0.211. The predicted molar refractivity (Wildman–Crippen MR) is 111 cm³/mol. The molecule has 0 amide bonds. The van der Waals surface area contributed by atoms with Crippen molar-refractivity contribution >= 4 is 50.6 Å². The van der Waals surface area contributed by atoms with Crippen molar-refractivity contribution in [1.29, 1.82) is 0 Å². The minimum absolute atomic E-state index is 0.219. The van der Waals surface area contributed by atoms with Gasteiger partial charge >= 0.3 is 5.97 Å². The van der Waals surface area contributed by atoms with Crippen molar-refractivity contribution < 1.29 is 13.9 Å². The normalized spacial score (nSPS) is 16.8. The van der Waals surface area contributed by atoms with Gasteiger partial charge in [0.2, 0.25) is 0 Å². The molecule has 3 aromatic rings. The lowest BCUT2D eigenvalue weighted by Gasteiger charge is -2.23. The number of furan rings is 1. The average Bonchev–Trinajstić information content (AvgIpc) is 3.37. The molecule has 0 spiro atoms. The molecule has 1 atom stereocenters. The number of halogens is 1. The lowest BCUT2D eigenvalue weighted by molar-refractivity contribution is -0.139. The molecule has 0 aliphatic carbocycles. The Balaban J connectivity index is 1.95. The van der Waals surface area contributed by atoms with Crippen LogP contribution in [-0.4, -0.2) is 17.1 Å². The molecule has 6 nitrogen and oxygen atoms in total. The Morgan fingerprint density at radius 2 is 2.25 bits per heavy atom. The van der Waals surface area contributed by atoms with E-state index in [2.05, 4.69) is 20.9 Å². The number of hydrogen-bond acceptors (Lipinski definition) is 7. The molecule has 0 saturated heterocycles. The summed E-state index contributed by atoms with van der Waals surface area (Å²) in [6, 6.07) is 6.79. The number of rotatable bonds is 4. The van der Waals surface area contributed by atoms with Gasteiger partial charge < -0.3 is 9.15 Å². The highest BCUT2D eigenvalue weighted by Crippen LogP contribution is 2.33. The van der Waals surface area contributed by atoms with Gasteiger partial charge in [0.1, 0.15) is 11.8 Å². The third-order valence-corrected chi connectivity index (χ3v) is 6.53. The van der Waals surface area contributed by atoms with Gasteiger partial charge in [-0.25, -0.2) is 9.79 Å². The SMILES string of the molecule is CCOC(=O)C1=C(C)N=c2s/c(=C/c3ccc(Br)o3)c(=O)n2[C@H]1c1cccs1. The second-order valence-electron chi connectivity index (χ2n) is 5.96. The van der Waals surface area contributed by atoms with E-state index in [9.17, 15) is 9.59 Å². The van der Waals surface area contributed by atoms with Crippen LogP contribution in [0, 0.1) is 0 Å². The number of aromatic nitrogens is 1. The van der Waals surface area contributed by atoms with Gasteiger partial charge in [-0.05, 0) is 53.4 Å². The molecule has 0 N–H and O–H groups in total. The number of esters is 1. The van der Waals surface area contributed by atoms with Crippen LogP contribution in [0.25, 0.3) is 6.08 Å². The lowest BCUT2D eigenvalue weighted by Crippen LogP contribution is -2.39. The van der Waals surface area contributed by atoms with E-state index in [4.69, 9.17) is 9.15 Å². The topological polar surface area (TPSA) is 73.8 Å². The minimum Gasteiger partial charge on any atom is -0.463 e. The summed E-state index contributed by atoms with van der Waals surface area (Å²) >= 11 is 6.02. The Bertz CT molecular complexity index is 1250. The highest BCUT2D eigenvalue weighted by atomic mass is 79.9. The molecule has 0 bridgehead atoms. The number of fused-ring (bicyclic) bond motifs is 1. The van der Waals surface area contributed by atoms with Gasteiger partial charge in [0, 0.05) is 11.0 Å². The van der Waals surface area contributed by atoms with Crippen LogP contribution in [0.2, 0.25) is 0 Å². The number of thiazole rings is 1. The molecule has 0 fully saturated rings. The first kappa shape index (κ1) is 19.1. The molecule has 0 saturated carbocycles. The van der Waals surface area contributed by atoms with Gasteiger partial charge in [0.15, 0.2) is 9.47 Å². The number of thiophene rings is 1. The summed E-state index contributed by atoms with van der Waals surface area (Å²) in [4.78, 5) is 31.8. The maximum Gasteiger partial charge on any atom is 0.338 e. The smallest absolute Gasteiger partial charge is 0.338 e. The van der Waals surface area contributed by atoms with Crippen molar-refractivity contribution in [2.45, 2.75) is 19.9 Å². The van der Waals surface area contributed by atoms with E-state index in [-0.39, 0.29) is 12.2 Å². The quantitative estimate of drug-likeness (QED) is 0.539. The number of carbonyl (C=O) groups excluding carboxylic acids is 1. The first-order valence-electron chi connectivity index (χ1n) is 8.48. The van der Waals surface area contributed by atoms with E-state index in [0.717, 1.165) is 4.88 Å². The van der Waals surface area contributed by atoms with Crippen LogP contribution in [0.15, 0.2) is 59.8 Å². The van der Waals surface area contributed by atoms with Gasteiger partial charge in [0.05, 0.1) is 22.4 Å². The maximum atomic E-state index is 13.2. The number of ether oxygens (including phenoxy) is 1. The summed E-state index contributed by atoms with van der Waals surface area (Å²) in [6.07, 6.45) is 1.68. The third kappa shape index (κ3) is 3.34. The van der Waals surface area contributed by atoms with Crippen molar-refractivity contribution in [3.8, 4) is 0 Å². The Morgan fingerprint density at radius 3 is 2.89 bits per heavy atom. The molecule has 4 heterocycles. The lowest BCUT2D eigenvalue weighted by atomic mass is 10.0. The molecule has 1 aliphatic rings. The molecule has 1 aliphatic heterocycles. The highest BCUT2D eigenvalue weighted by molar-refractivity contribution is 9.10. The summed E-state index contributed by atoms with van der Waals surface area (Å²) in [6.45, 7) is 3.78. The molecule has 28 heavy (non-hydrogen) atoms. The van der Waals surface area contributed by atoms with E-state index in [1.54, 1.807) is 36.6 Å². The minimum atomic E-state index is -0.555. The van der Waals surface area contributed by atoms with E-state index >= 15 is 0 Å². The molecular weight excluding hydrogens is 464 g/mol. The fourth-order valence-electron chi connectivity index (χ4n) is 3.04. The number of hydrogen-bond donors (Lipinski definition) is 0. The zero-order valence-corrected chi connectivity index (χ0v) is 18.2. The van der Waals surface area contributed by atoms with Crippen molar-refractivity contribution in [3.63, 3.8) is 0 Å². The summed E-state index contributed by atoms with van der Waals surface area (Å²) in [7, 11) is 0. The van der Waals surface area contributed by atoms with Gasteiger partial charge in [0.25, 0.3) is 5.56 Å². The zero-order valence-electron chi connectivity index (χ0n) is 15.0. The molecule has 0 aromatic carbocycles. The second kappa shape index (κ2) is 7.65. The Hall–Kier alpha value is -2.23. The Morgan fingerprint density at radius 1 is 1.43 bits per heavy atom. The fourth-order valence-corrected chi connectivity index (χ4v) is 5.21. The van der Waals surface area contributed by atoms with E-state index in [0.29, 0.717) is 31.0 Å². The van der Waals surface area contributed by atoms with Crippen molar-refractivity contribution in [2.75, 3.05) is 6.61 Å². The monoisotopic (exact) mass is 478 g/mol. The summed E-state index contributed by atoms with van der Waals surface area (Å²) in [5.41, 5.74) is 0.735. The number of allylic oxidation sites excluding steroid dienone is 1. The van der Waals surface area contributed by atoms with Gasteiger partial charge in [-0.1, -0.05) is 17.4 Å². The van der Waals surface area contributed by atoms with Crippen molar-refractivity contribution in [3.05, 3.63) is 75.9 Å². The van der Waals surface area contributed by atoms with Crippen LogP contribution in [0.4, 0.5) is 0 Å². The molecule has 0 unspecified atom stereocenters. The second-order valence-corrected chi connectivity index (χ2v) is 8.73. The van der Waals surface area contributed by atoms with E-state index in [1.165, 1.54) is 22.7 Å². The first-order chi connectivity index (χ1) is 13.5. The highest BCUT2D eigenvalue weighted by Gasteiger charge is 2.33. The van der Waals surface area contributed by atoms with E-state index < -0.39 is 12.0 Å². The van der Waals surface area contributed by atoms with Crippen LogP contribution in [0.3, 0.4) is 0 Å². The molecule has 144 valence electrons. The summed E-state index contributed by atoms with van der Waals surface area (Å²) in [5.74, 6) is 0.109. The number of carbonyl (C=O) groups is 1. The van der Waals surface area contributed by atoms with Crippen LogP contribution in [-0.2, 0) is 9.53 Å². The third-order valence-electron chi connectivity index (χ3n) is 4.20. The summed E-state index contributed by atoms with van der Waals surface area (Å²) < 4.78 is 13.4. The Labute approximate surface area is 176 Å². The van der Waals surface area contributed by atoms with Crippen LogP contribution in [0.1, 0.15) is 30.5 Å². The predicted octanol–water partition coefficient (Wildman–Crippen LogP) is 3.22. The summed E-state index contributed by atoms with van der Waals surface area (Å²) in [5, 5.41) is 1.92. The zero-order chi connectivity index (χ0) is 19.8. The van der Waals surface area contributed by atoms with Gasteiger partial charge in [-0.2, -0.15) is 0 Å². The molecule has 9 heteroatoms. The Kier molecular flexibility index (Phi) is 5.22. The van der Waals surface area contributed by atoms with Crippen molar-refractivity contribution in [1.82, 2.24) is 4.57 Å². The van der Waals surface area contributed by atoms with Gasteiger partial charge in [-0.3, -0.25) is 9.36 Å². The van der Waals surface area contributed by atoms with Crippen LogP contribution < -0.4 is 14.9 Å². The average molecular weight is 479 g/mol. The first-order valence-corrected chi connectivity index (χ1v) is 11.0. The molecule has 3 aromatic heterocycles. The molecule has 4 rings (SSSR count). The molecular formula is C19H15BrN2O4S2. The van der Waals surface area contributed by atoms with Crippen LogP contribution in [0.5, 0.6) is 0 Å². The van der Waals surface area contributed by atoms with Crippen molar-refractivity contribution in [2.24, 2.45) is 4.99 Å². The number of nitrogens with zero attached hydrogens (tertiary/aromatic N) is 2. The largest absolute Gasteiger partial charge is 0.463 e. The van der Waals surface area contributed by atoms with Crippen LogP contribution >= 0.6 is 38.6 Å². The van der Waals surface area contributed by atoms with Gasteiger partial charge in [-0.15, -0.1) is 11.3 Å². The standard InChI is InChI=1S/C19H15BrN2O4S2/c1-3-25-18(24)15-10(2)21-19-22(16(15)12-5-4-8-27-12)17(23)13(28-19)9-11-6-7-14(20)26-11/h4-9,16H,3H2,1-2H3/b13-9+/t16-/m0/s1. The molecule has 0 radical (unpaired) electrons. The van der Waals surface area contributed by atoms with E-state index in [1.807, 2.05) is 17.5 Å².